The van der Waals surface area contributed by atoms with E-state index in [0.29, 0.717) is 36.1 Å². The Morgan fingerprint density at radius 3 is 2.61 bits per heavy atom. The summed E-state index contributed by atoms with van der Waals surface area (Å²) in [6.07, 6.45) is -2.07. The van der Waals surface area contributed by atoms with Crippen LogP contribution in [0.15, 0.2) is 24.3 Å². The molecule has 1 aliphatic carbocycles. The van der Waals surface area contributed by atoms with Crippen molar-refractivity contribution in [2.45, 2.75) is 44.1 Å². The summed E-state index contributed by atoms with van der Waals surface area (Å²) in [6, 6.07) is 4.41. The van der Waals surface area contributed by atoms with Crippen molar-refractivity contribution in [1.29, 1.82) is 0 Å². The van der Waals surface area contributed by atoms with Gasteiger partial charge in [-0.1, -0.05) is 0 Å². The summed E-state index contributed by atoms with van der Waals surface area (Å²) in [6.45, 7) is 0.876. The quantitative estimate of drug-likeness (QED) is 0.544. The Labute approximate surface area is 189 Å². The standard InChI is InChI=1S/C22H28F3N5O3/c1-26-20(32)29-10-13(12-31)6-18(11-29)30(17-3-4-17)21(33)27-9-16-8-14-7-15(22(23,24)25)2-5-19(14)28-16/h2,5,7-8,13,17-18,28,31H,3-4,6,9-12H2,1H3,(H,26,32)(H,27,33)/t13-,18+/m0/s1. The maximum Gasteiger partial charge on any atom is 0.416 e. The molecule has 1 saturated carbocycles. The number of fused-ring (bicyclic) bond motifs is 1. The molecule has 2 aromatic rings. The van der Waals surface area contributed by atoms with Crippen molar-refractivity contribution in [1.82, 2.24) is 25.4 Å². The third-order valence-electron chi connectivity index (χ3n) is 6.28. The molecule has 8 nitrogen and oxygen atoms in total. The van der Waals surface area contributed by atoms with Crippen LogP contribution in [0.5, 0.6) is 0 Å². The highest BCUT2D eigenvalue weighted by Gasteiger charge is 2.41. The molecule has 1 saturated heterocycles. The number of urea groups is 2. The number of carbonyl (C=O) groups excluding carboxylic acids is 2. The maximum absolute atomic E-state index is 13.1. The van der Waals surface area contributed by atoms with Crippen LogP contribution in [0.3, 0.4) is 0 Å². The zero-order valence-electron chi connectivity index (χ0n) is 18.3. The van der Waals surface area contributed by atoms with E-state index in [9.17, 15) is 27.9 Å². The van der Waals surface area contributed by atoms with Gasteiger partial charge < -0.3 is 30.5 Å². The van der Waals surface area contributed by atoms with Crippen LogP contribution in [0.4, 0.5) is 22.8 Å². The van der Waals surface area contributed by atoms with Gasteiger partial charge in [-0.2, -0.15) is 13.2 Å². The predicted octanol–water partition coefficient (Wildman–Crippen LogP) is 2.88. The molecule has 1 aliphatic heterocycles. The van der Waals surface area contributed by atoms with Gasteiger partial charge in [0.2, 0.25) is 0 Å². The largest absolute Gasteiger partial charge is 0.416 e. The normalized spacial score (nSPS) is 21.2. The van der Waals surface area contributed by atoms with E-state index in [1.807, 2.05) is 0 Å². The SMILES string of the molecule is CNC(=O)N1C[C@@H](CO)C[C@@H](N(C(=O)NCc2cc3cc(C(F)(F)F)ccc3[nH]2)C2CC2)C1. The number of nitrogens with one attached hydrogen (secondary N) is 3. The lowest BCUT2D eigenvalue weighted by Crippen LogP contribution is -2.58. The molecule has 0 radical (unpaired) electrons. The number of halogens is 3. The first-order valence-corrected chi connectivity index (χ1v) is 11.0. The Bertz CT molecular complexity index is 1020. The number of rotatable bonds is 5. The molecule has 2 fully saturated rings. The van der Waals surface area contributed by atoms with Gasteiger partial charge in [0.05, 0.1) is 18.2 Å². The number of benzene rings is 1. The van der Waals surface area contributed by atoms with Gasteiger partial charge in [-0.15, -0.1) is 0 Å². The molecule has 2 aliphatic rings. The summed E-state index contributed by atoms with van der Waals surface area (Å²) >= 11 is 0. The number of carbonyl (C=O) groups is 2. The number of piperidine rings is 1. The fourth-order valence-electron chi connectivity index (χ4n) is 4.54. The third kappa shape index (κ3) is 5.18. The van der Waals surface area contributed by atoms with Gasteiger partial charge in [-0.05, 0) is 43.5 Å². The lowest BCUT2D eigenvalue weighted by molar-refractivity contribution is -0.137. The number of hydrogen-bond acceptors (Lipinski definition) is 3. The molecule has 0 unspecified atom stereocenters. The Kier molecular flexibility index (Phi) is 6.42. The lowest BCUT2D eigenvalue weighted by atomic mass is 9.94. The van der Waals surface area contributed by atoms with Crippen molar-refractivity contribution >= 4 is 23.0 Å². The van der Waals surface area contributed by atoms with Gasteiger partial charge in [0.1, 0.15) is 0 Å². The summed E-state index contributed by atoms with van der Waals surface area (Å²) in [5.74, 6) is -0.119. The highest BCUT2D eigenvalue weighted by atomic mass is 19.4. The van der Waals surface area contributed by atoms with Crippen molar-refractivity contribution in [2.75, 3.05) is 26.7 Å². The summed E-state index contributed by atoms with van der Waals surface area (Å²) in [5, 5.41) is 15.6. The Morgan fingerprint density at radius 1 is 1.21 bits per heavy atom. The summed E-state index contributed by atoms with van der Waals surface area (Å²) < 4.78 is 38.9. The highest BCUT2D eigenvalue weighted by molar-refractivity contribution is 5.82. The zero-order valence-corrected chi connectivity index (χ0v) is 18.3. The average Bonchev–Trinajstić information content (AvgIpc) is 3.53. The average molecular weight is 467 g/mol. The molecule has 1 aromatic carbocycles. The van der Waals surface area contributed by atoms with Crippen molar-refractivity contribution in [2.24, 2.45) is 5.92 Å². The van der Waals surface area contributed by atoms with Gasteiger partial charge in [-0.25, -0.2) is 9.59 Å². The van der Waals surface area contributed by atoms with Gasteiger partial charge in [0.15, 0.2) is 0 Å². The van der Waals surface area contributed by atoms with Crippen LogP contribution in [0.25, 0.3) is 10.9 Å². The number of aromatic nitrogens is 1. The first-order chi connectivity index (χ1) is 15.7. The van der Waals surface area contributed by atoms with Gasteiger partial charge >= 0.3 is 18.2 Å². The fourth-order valence-corrected chi connectivity index (χ4v) is 4.54. The lowest BCUT2D eigenvalue weighted by Gasteiger charge is -2.42. The zero-order chi connectivity index (χ0) is 23.8. The van der Waals surface area contributed by atoms with E-state index in [-0.39, 0.29) is 43.2 Å². The van der Waals surface area contributed by atoms with Gasteiger partial charge in [0, 0.05) is 55.3 Å². The minimum Gasteiger partial charge on any atom is -0.396 e. The van der Waals surface area contributed by atoms with Gasteiger partial charge in [0.25, 0.3) is 0 Å². The van der Waals surface area contributed by atoms with E-state index < -0.39 is 11.7 Å². The Morgan fingerprint density at radius 2 is 1.97 bits per heavy atom. The number of aromatic amines is 1. The molecule has 2 atom stereocenters. The number of amides is 4. The van der Waals surface area contributed by atoms with E-state index in [4.69, 9.17) is 0 Å². The molecular weight excluding hydrogens is 439 g/mol. The molecule has 11 heteroatoms. The summed E-state index contributed by atoms with van der Waals surface area (Å²) in [7, 11) is 1.54. The second-order valence-corrected chi connectivity index (χ2v) is 8.79. The molecule has 2 heterocycles. The van der Waals surface area contributed by atoms with E-state index in [1.165, 1.54) is 6.07 Å². The molecule has 4 amide bonds. The highest BCUT2D eigenvalue weighted by Crippen LogP contribution is 2.33. The monoisotopic (exact) mass is 467 g/mol. The van der Waals surface area contributed by atoms with E-state index >= 15 is 0 Å². The summed E-state index contributed by atoms with van der Waals surface area (Å²) in [5.41, 5.74) is 0.434. The van der Waals surface area contributed by atoms with Crippen molar-refractivity contribution in [3.8, 4) is 0 Å². The number of aliphatic hydroxyl groups is 1. The van der Waals surface area contributed by atoms with Crippen molar-refractivity contribution in [3.05, 3.63) is 35.5 Å². The summed E-state index contributed by atoms with van der Waals surface area (Å²) in [4.78, 5) is 31.7. The molecular formula is C22H28F3N5O3. The van der Waals surface area contributed by atoms with Crippen LogP contribution in [-0.4, -0.2) is 70.8 Å². The predicted molar refractivity (Wildman–Crippen MR) is 115 cm³/mol. The Hall–Kier alpha value is -2.95. The van der Waals surface area contributed by atoms with Crippen LogP contribution < -0.4 is 10.6 Å². The van der Waals surface area contributed by atoms with Crippen LogP contribution in [0.2, 0.25) is 0 Å². The molecule has 180 valence electrons. The molecule has 4 N–H and O–H groups in total. The van der Waals surface area contributed by atoms with Crippen molar-refractivity contribution in [3.63, 3.8) is 0 Å². The fraction of sp³-hybridized carbons (Fsp3) is 0.545. The Balaban J connectivity index is 1.45. The van der Waals surface area contributed by atoms with Crippen LogP contribution >= 0.6 is 0 Å². The number of likely N-dealkylation sites (tertiary alicyclic amines) is 1. The number of alkyl halides is 3. The smallest absolute Gasteiger partial charge is 0.396 e. The number of H-pyrrole nitrogens is 1. The topological polar surface area (TPSA) is 101 Å². The molecule has 0 spiro atoms. The number of aliphatic hydroxyl groups excluding tert-OH is 1. The van der Waals surface area contributed by atoms with E-state index in [0.717, 1.165) is 25.0 Å². The minimum absolute atomic E-state index is 0.0703. The first kappa shape index (κ1) is 23.2. The van der Waals surface area contributed by atoms with E-state index in [1.54, 1.807) is 22.9 Å². The van der Waals surface area contributed by atoms with Crippen molar-refractivity contribution < 1.29 is 27.9 Å². The number of nitrogens with zero attached hydrogens (tertiary/aromatic N) is 2. The van der Waals surface area contributed by atoms with Crippen LogP contribution in [0, 0.1) is 5.92 Å². The molecule has 33 heavy (non-hydrogen) atoms. The van der Waals surface area contributed by atoms with Crippen LogP contribution in [0.1, 0.15) is 30.5 Å². The third-order valence-corrected chi connectivity index (χ3v) is 6.28. The van der Waals surface area contributed by atoms with Crippen LogP contribution in [-0.2, 0) is 12.7 Å². The first-order valence-electron chi connectivity index (χ1n) is 11.0. The number of hydrogen-bond donors (Lipinski definition) is 4. The maximum atomic E-state index is 13.1. The second kappa shape index (κ2) is 9.12. The molecule has 4 rings (SSSR count). The van der Waals surface area contributed by atoms with E-state index in [2.05, 4.69) is 15.6 Å². The second-order valence-electron chi connectivity index (χ2n) is 8.79. The minimum atomic E-state index is -4.42. The van der Waals surface area contributed by atoms with Gasteiger partial charge in [-0.3, -0.25) is 0 Å². The molecule has 0 bridgehead atoms. The molecule has 1 aromatic heterocycles.